The molecule has 0 aliphatic carbocycles. The highest BCUT2D eigenvalue weighted by Crippen LogP contribution is 2.17. The average Bonchev–Trinajstić information content (AvgIpc) is 3.25. The van der Waals surface area contributed by atoms with E-state index in [0.717, 1.165) is 36.5 Å². The summed E-state index contributed by atoms with van der Waals surface area (Å²) in [6.45, 7) is 8.08. The molecule has 1 aromatic rings. The van der Waals surface area contributed by atoms with Crippen LogP contribution in [-0.4, -0.2) is 68.8 Å². The van der Waals surface area contributed by atoms with Crippen LogP contribution >= 0.6 is 11.8 Å². The number of nitrogens with zero attached hydrogens (tertiary/aromatic N) is 5. The van der Waals surface area contributed by atoms with Crippen molar-refractivity contribution in [1.29, 1.82) is 0 Å². The van der Waals surface area contributed by atoms with Gasteiger partial charge in [0.15, 0.2) is 11.8 Å². The monoisotopic (exact) mass is 379 g/mol. The van der Waals surface area contributed by atoms with Gasteiger partial charge in [-0.2, -0.15) is 11.8 Å². The molecule has 26 heavy (non-hydrogen) atoms. The normalized spacial score (nSPS) is 24.8. The lowest BCUT2D eigenvalue weighted by atomic mass is 10.2. The van der Waals surface area contributed by atoms with E-state index in [1.54, 1.807) is 0 Å². The van der Waals surface area contributed by atoms with E-state index >= 15 is 0 Å². The molecule has 2 aliphatic rings. The molecule has 2 saturated heterocycles. The zero-order chi connectivity index (χ0) is 18.4. The number of aryl methyl sites for hydroxylation is 1. The van der Waals surface area contributed by atoms with Crippen molar-refractivity contribution < 1.29 is 0 Å². The number of likely N-dealkylation sites (tertiary alicyclic amines) is 1. The number of nitrogens with one attached hydrogen (secondary N) is 2. The lowest BCUT2D eigenvalue weighted by Crippen LogP contribution is -2.49. The molecular formula is C18H33N7S. The minimum atomic E-state index is 0.507. The van der Waals surface area contributed by atoms with Crippen molar-refractivity contribution in [1.82, 2.24) is 30.3 Å². The van der Waals surface area contributed by atoms with Crippen LogP contribution in [0.3, 0.4) is 0 Å². The maximum Gasteiger partial charge on any atom is 0.192 e. The van der Waals surface area contributed by atoms with E-state index in [9.17, 15) is 0 Å². The second-order valence-electron chi connectivity index (χ2n) is 7.25. The third-order valence-electron chi connectivity index (χ3n) is 5.47. The van der Waals surface area contributed by atoms with Gasteiger partial charge < -0.3 is 15.2 Å². The van der Waals surface area contributed by atoms with E-state index in [4.69, 9.17) is 4.99 Å². The van der Waals surface area contributed by atoms with Crippen LogP contribution in [0.4, 0.5) is 0 Å². The van der Waals surface area contributed by atoms with Gasteiger partial charge in [0.05, 0.1) is 0 Å². The van der Waals surface area contributed by atoms with Crippen molar-refractivity contribution in [3.63, 3.8) is 0 Å². The van der Waals surface area contributed by atoms with Gasteiger partial charge in [0.25, 0.3) is 0 Å². The first-order chi connectivity index (χ1) is 12.7. The number of rotatable bonds is 6. The molecule has 0 radical (unpaired) electrons. The minimum absolute atomic E-state index is 0.507. The number of aliphatic imine (C=N–C) groups is 1. The molecule has 0 amide bonds. The Labute approximate surface area is 161 Å². The minimum Gasteiger partial charge on any atom is -0.355 e. The second-order valence-corrected chi connectivity index (χ2v) is 8.40. The number of hydrogen-bond acceptors (Lipinski definition) is 5. The van der Waals surface area contributed by atoms with Crippen LogP contribution in [0.1, 0.15) is 44.3 Å². The van der Waals surface area contributed by atoms with Crippen molar-refractivity contribution in [2.24, 2.45) is 12.0 Å². The first-order valence-corrected chi connectivity index (χ1v) is 11.0. The summed E-state index contributed by atoms with van der Waals surface area (Å²) in [4.78, 5) is 7.38. The van der Waals surface area contributed by atoms with Gasteiger partial charge in [-0.25, -0.2) is 4.99 Å². The third kappa shape index (κ3) is 5.13. The maximum atomic E-state index is 4.82. The van der Waals surface area contributed by atoms with Crippen LogP contribution in [0.5, 0.6) is 0 Å². The van der Waals surface area contributed by atoms with Gasteiger partial charge in [-0.3, -0.25) is 4.90 Å². The lowest BCUT2D eigenvalue weighted by molar-refractivity contribution is 0.266. The fourth-order valence-electron chi connectivity index (χ4n) is 3.70. The average molecular weight is 380 g/mol. The van der Waals surface area contributed by atoms with Crippen LogP contribution in [0.25, 0.3) is 0 Å². The molecular weight excluding hydrogens is 346 g/mol. The molecule has 3 heterocycles. The van der Waals surface area contributed by atoms with Crippen molar-refractivity contribution in [2.75, 3.05) is 31.1 Å². The molecule has 2 unspecified atom stereocenters. The van der Waals surface area contributed by atoms with Crippen LogP contribution in [0.15, 0.2) is 4.99 Å². The van der Waals surface area contributed by atoms with Crippen molar-refractivity contribution in [3.8, 4) is 0 Å². The predicted octanol–water partition coefficient (Wildman–Crippen LogP) is 1.54. The van der Waals surface area contributed by atoms with E-state index in [2.05, 4.69) is 32.7 Å². The summed E-state index contributed by atoms with van der Waals surface area (Å²) in [6, 6.07) is 1.12. The van der Waals surface area contributed by atoms with Crippen LogP contribution in [-0.2, 0) is 13.6 Å². The van der Waals surface area contributed by atoms with E-state index in [-0.39, 0.29) is 0 Å². The van der Waals surface area contributed by atoms with Crippen molar-refractivity contribution in [2.45, 2.75) is 58.2 Å². The third-order valence-corrected chi connectivity index (χ3v) is 6.69. The van der Waals surface area contributed by atoms with Gasteiger partial charge in [0.1, 0.15) is 12.4 Å². The van der Waals surface area contributed by atoms with Gasteiger partial charge in [0.2, 0.25) is 0 Å². The number of thioether (sulfide) groups is 1. The largest absolute Gasteiger partial charge is 0.355 e. The molecule has 0 spiro atoms. The molecule has 3 rings (SSSR count). The van der Waals surface area contributed by atoms with E-state index in [1.165, 1.54) is 38.0 Å². The molecule has 2 aliphatic heterocycles. The van der Waals surface area contributed by atoms with Gasteiger partial charge >= 0.3 is 0 Å². The number of likely N-dealkylation sites (N-methyl/N-ethyl adjacent to an activating group) is 1. The Morgan fingerprint density at radius 1 is 1.31 bits per heavy atom. The van der Waals surface area contributed by atoms with Crippen molar-refractivity contribution >= 4 is 17.7 Å². The summed E-state index contributed by atoms with van der Waals surface area (Å²) in [7, 11) is 2.00. The van der Waals surface area contributed by atoms with E-state index in [0.29, 0.717) is 18.6 Å². The zero-order valence-electron chi connectivity index (χ0n) is 16.4. The summed E-state index contributed by atoms with van der Waals surface area (Å²) in [5.41, 5.74) is 0. The van der Waals surface area contributed by atoms with Gasteiger partial charge in [0, 0.05) is 31.4 Å². The number of guanidine groups is 1. The molecule has 7 nitrogen and oxygen atoms in total. The van der Waals surface area contributed by atoms with E-state index < -0.39 is 0 Å². The Hall–Kier alpha value is -1.28. The Bertz CT molecular complexity index is 594. The molecule has 1 aromatic heterocycles. The highest BCUT2D eigenvalue weighted by atomic mass is 32.2. The quantitative estimate of drug-likeness (QED) is 0.577. The first kappa shape index (κ1) is 19.5. The van der Waals surface area contributed by atoms with Gasteiger partial charge in [-0.05, 0) is 51.4 Å². The van der Waals surface area contributed by atoms with Crippen LogP contribution in [0, 0.1) is 6.92 Å². The fourth-order valence-corrected chi connectivity index (χ4v) is 4.77. The molecule has 2 fully saturated rings. The smallest absolute Gasteiger partial charge is 0.192 e. The number of hydrogen-bond donors (Lipinski definition) is 2. The molecule has 8 heteroatoms. The second kappa shape index (κ2) is 9.60. The summed E-state index contributed by atoms with van der Waals surface area (Å²) in [6.07, 6.45) is 5.08. The summed E-state index contributed by atoms with van der Waals surface area (Å²) in [5, 5.41) is 15.6. The fraction of sp³-hybridized carbons (Fsp3) is 0.833. The Kier molecular flexibility index (Phi) is 7.19. The summed E-state index contributed by atoms with van der Waals surface area (Å²) >= 11 is 2.03. The molecule has 0 bridgehead atoms. The summed E-state index contributed by atoms with van der Waals surface area (Å²) < 4.78 is 2.01. The number of aromatic nitrogens is 3. The Morgan fingerprint density at radius 2 is 2.19 bits per heavy atom. The predicted molar refractivity (Wildman–Crippen MR) is 109 cm³/mol. The lowest BCUT2D eigenvalue weighted by Gasteiger charge is -2.27. The topological polar surface area (TPSA) is 70.4 Å². The molecule has 2 N–H and O–H groups in total. The molecule has 0 saturated carbocycles. The van der Waals surface area contributed by atoms with Crippen molar-refractivity contribution in [3.05, 3.63) is 11.6 Å². The highest BCUT2D eigenvalue weighted by molar-refractivity contribution is 7.99. The Morgan fingerprint density at radius 3 is 2.88 bits per heavy atom. The van der Waals surface area contributed by atoms with Gasteiger partial charge in [-0.1, -0.05) is 6.92 Å². The van der Waals surface area contributed by atoms with E-state index in [1.807, 2.05) is 30.3 Å². The zero-order valence-corrected chi connectivity index (χ0v) is 17.2. The Balaban J connectivity index is 1.62. The molecule has 2 atom stereocenters. The maximum absolute atomic E-state index is 4.82. The standard InChI is InChI=1S/C18H33N7S/c1-4-25-9-5-8-16(25)11-19-18(21-15-7-6-10-26-13-15)20-12-17-23-22-14(2)24(17)3/h15-16H,4-13H2,1-3H3,(H2,19,20,21). The summed E-state index contributed by atoms with van der Waals surface area (Å²) in [5.74, 6) is 5.18. The molecule has 146 valence electrons. The highest BCUT2D eigenvalue weighted by Gasteiger charge is 2.23. The first-order valence-electron chi connectivity index (χ1n) is 9.89. The van der Waals surface area contributed by atoms with Crippen LogP contribution < -0.4 is 10.6 Å². The molecule has 0 aromatic carbocycles. The van der Waals surface area contributed by atoms with Gasteiger partial charge in [-0.15, -0.1) is 10.2 Å². The SMILES string of the molecule is CCN1CCCC1CNC(=NCc1nnc(C)n1C)NC1CCCSC1. The van der Waals surface area contributed by atoms with Crippen LogP contribution in [0.2, 0.25) is 0 Å².